The maximum Gasteiger partial charge on any atom is 0.0573 e. The average Bonchev–Trinajstić information content (AvgIpc) is 2.43. The van der Waals surface area contributed by atoms with Crippen molar-refractivity contribution in [3.63, 3.8) is 0 Å². The molecule has 2 fully saturated rings. The molecule has 0 bridgehead atoms. The Bertz CT molecular complexity index is 180. The van der Waals surface area contributed by atoms with Gasteiger partial charge in [-0.2, -0.15) is 0 Å². The second kappa shape index (κ2) is 2.32. The van der Waals surface area contributed by atoms with E-state index in [4.69, 9.17) is 4.74 Å². The Labute approximate surface area is 67.8 Å². The van der Waals surface area contributed by atoms with Crippen molar-refractivity contribution in [2.75, 3.05) is 33.4 Å². The zero-order valence-electron chi connectivity index (χ0n) is 7.05. The molecule has 0 aromatic rings. The van der Waals surface area contributed by atoms with Crippen LogP contribution in [0.3, 0.4) is 0 Å². The molecular weight excluding hydrogens is 138 g/mol. The molecule has 62 valence electrons. The van der Waals surface area contributed by atoms with Crippen molar-refractivity contribution in [2.24, 2.45) is 11.3 Å². The van der Waals surface area contributed by atoms with E-state index < -0.39 is 0 Å². The van der Waals surface area contributed by atoms with E-state index in [0.29, 0.717) is 5.92 Å². The summed E-state index contributed by atoms with van der Waals surface area (Å²) < 4.78 is 5.46. The SMILES string of the molecule is C=CC12COCC1CN(C)C2. The molecule has 2 rings (SSSR count). The topological polar surface area (TPSA) is 12.5 Å². The monoisotopic (exact) mass is 153 g/mol. The first-order valence-electron chi connectivity index (χ1n) is 4.17. The van der Waals surface area contributed by atoms with Gasteiger partial charge in [0.05, 0.1) is 13.2 Å². The van der Waals surface area contributed by atoms with Gasteiger partial charge >= 0.3 is 0 Å². The van der Waals surface area contributed by atoms with Gasteiger partial charge in [0.1, 0.15) is 0 Å². The van der Waals surface area contributed by atoms with Crippen LogP contribution in [0.25, 0.3) is 0 Å². The van der Waals surface area contributed by atoms with Crippen molar-refractivity contribution in [3.8, 4) is 0 Å². The Balaban J connectivity index is 2.21. The molecule has 11 heavy (non-hydrogen) atoms. The molecule has 0 aromatic carbocycles. The van der Waals surface area contributed by atoms with E-state index in [1.807, 2.05) is 0 Å². The first-order valence-corrected chi connectivity index (χ1v) is 4.17. The molecule has 2 heterocycles. The van der Waals surface area contributed by atoms with Crippen LogP contribution < -0.4 is 0 Å². The van der Waals surface area contributed by atoms with Gasteiger partial charge < -0.3 is 9.64 Å². The van der Waals surface area contributed by atoms with Gasteiger partial charge in [0.2, 0.25) is 0 Å². The van der Waals surface area contributed by atoms with Crippen LogP contribution in [0.5, 0.6) is 0 Å². The molecule has 0 aromatic heterocycles. The molecule has 0 radical (unpaired) electrons. The van der Waals surface area contributed by atoms with Crippen LogP contribution in [0.1, 0.15) is 0 Å². The highest BCUT2D eigenvalue weighted by Gasteiger charge is 2.47. The van der Waals surface area contributed by atoms with E-state index in [9.17, 15) is 0 Å². The van der Waals surface area contributed by atoms with E-state index in [-0.39, 0.29) is 5.41 Å². The molecule has 2 aliphatic heterocycles. The largest absolute Gasteiger partial charge is 0.380 e. The van der Waals surface area contributed by atoms with Gasteiger partial charge in [-0.1, -0.05) is 6.08 Å². The third kappa shape index (κ3) is 0.932. The van der Waals surface area contributed by atoms with Crippen molar-refractivity contribution in [3.05, 3.63) is 12.7 Å². The molecule has 0 N–H and O–H groups in total. The summed E-state index contributed by atoms with van der Waals surface area (Å²) in [5, 5.41) is 0. The van der Waals surface area contributed by atoms with Crippen LogP contribution in [0.4, 0.5) is 0 Å². The fourth-order valence-corrected chi connectivity index (χ4v) is 2.32. The standard InChI is InChI=1S/C9H15NO/c1-3-9-6-10(2)4-8(9)5-11-7-9/h3,8H,1,4-7H2,2H3. The van der Waals surface area contributed by atoms with Gasteiger partial charge in [-0.05, 0) is 7.05 Å². The Kier molecular flexibility index (Phi) is 1.55. The van der Waals surface area contributed by atoms with E-state index in [0.717, 1.165) is 19.8 Å². The molecule has 0 aliphatic carbocycles. The third-order valence-electron chi connectivity index (χ3n) is 3.01. The Morgan fingerprint density at radius 1 is 1.73 bits per heavy atom. The summed E-state index contributed by atoms with van der Waals surface area (Å²) in [6, 6.07) is 0. The van der Waals surface area contributed by atoms with Crippen LogP contribution in [0.15, 0.2) is 12.7 Å². The number of likely N-dealkylation sites (tertiary alicyclic amines) is 1. The van der Waals surface area contributed by atoms with E-state index in [2.05, 4.69) is 24.6 Å². The quantitative estimate of drug-likeness (QED) is 0.515. The molecule has 2 aliphatic rings. The second-order valence-electron chi connectivity index (χ2n) is 3.85. The minimum Gasteiger partial charge on any atom is -0.380 e. The minimum atomic E-state index is 0.286. The summed E-state index contributed by atoms with van der Waals surface area (Å²) in [5.41, 5.74) is 0.286. The van der Waals surface area contributed by atoms with E-state index >= 15 is 0 Å². The molecule has 2 nitrogen and oxygen atoms in total. The van der Waals surface area contributed by atoms with Crippen molar-refractivity contribution in [1.82, 2.24) is 4.90 Å². The number of hydrogen-bond acceptors (Lipinski definition) is 2. The lowest BCUT2D eigenvalue weighted by Gasteiger charge is -2.21. The third-order valence-corrected chi connectivity index (χ3v) is 3.01. The highest BCUT2D eigenvalue weighted by atomic mass is 16.5. The highest BCUT2D eigenvalue weighted by Crippen LogP contribution is 2.41. The van der Waals surface area contributed by atoms with Gasteiger partial charge in [0.25, 0.3) is 0 Å². The lowest BCUT2D eigenvalue weighted by Crippen LogP contribution is -2.26. The number of rotatable bonds is 1. The molecule has 2 atom stereocenters. The Morgan fingerprint density at radius 2 is 2.55 bits per heavy atom. The first kappa shape index (κ1) is 7.32. The number of ether oxygens (including phenoxy) is 1. The molecule has 0 amide bonds. The smallest absolute Gasteiger partial charge is 0.0573 e. The van der Waals surface area contributed by atoms with Crippen LogP contribution in [-0.4, -0.2) is 38.3 Å². The predicted octanol–water partition coefficient (Wildman–Crippen LogP) is 0.751. The highest BCUT2D eigenvalue weighted by molar-refractivity contribution is 5.08. The fraction of sp³-hybridized carbons (Fsp3) is 0.778. The van der Waals surface area contributed by atoms with E-state index in [1.165, 1.54) is 6.54 Å². The summed E-state index contributed by atoms with van der Waals surface area (Å²) in [6.07, 6.45) is 2.09. The maximum atomic E-state index is 5.46. The van der Waals surface area contributed by atoms with Crippen LogP contribution in [-0.2, 0) is 4.74 Å². The van der Waals surface area contributed by atoms with Gasteiger partial charge in [0.15, 0.2) is 0 Å². The summed E-state index contributed by atoms with van der Waals surface area (Å²) in [6.45, 7) is 8.01. The fourth-order valence-electron chi connectivity index (χ4n) is 2.32. The van der Waals surface area contributed by atoms with Crippen molar-refractivity contribution < 1.29 is 4.74 Å². The maximum absolute atomic E-state index is 5.46. The predicted molar refractivity (Wildman–Crippen MR) is 44.4 cm³/mol. The summed E-state index contributed by atoms with van der Waals surface area (Å²) in [4.78, 5) is 2.37. The Morgan fingerprint density at radius 3 is 3.18 bits per heavy atom. The van der Waals surface area contributed by atoms with Gasteiger partial charge in [-0.25, -0.2) is 0 Å². The van der Waals surface area contributed by atoms with Crippen molar-refractivity contribution >= 4 is 0 Å². The van der Waals surface area contributed by atoms with Crippen molar-refractivity contribution in [2.45, 2.75) is 0 Å². The molecule has 0 saturated carbocycles. The van der Waals surface area contributed by atoms with Crippen molar-refractivity contribution in [1.29, 1.82) is 0 Å². The minimum absolute atomic E-state index is 0.286. The summed E-state index contributed by atoms with van der Waals surface area (Å²) in [7, 11) is 2.17. The molecule has 0 spiro atoms. The van der Waals surface area contributed by atoms with Crippen LogP contribution >= 0.6 is 0 Å². The summed E-state index contributed by atoms with van der Waals surface area (Å²) in [5.74, 6) is 0.699. The molecular formula is C9H15NO. The zero-order valence-corrected chi connectivity index (χ0v) is 7.05. The number of hydrogen-bond donors (Lipinski definition) is 0. The summed E-state index contributed by atoms with van der Waals surface area (Å²) >= 11 is 0. The normalized spacial score (nSPS) is 44.3. The van der Waals surface area contributed by atoms with Gasteiger partial charge in [-0.3, -0.25) is 0 Å². The lowest BCUT2D eigenvalue weighted by atomic mass is 9.81. The molecule has 2 saturated heterocycles. The van der Waals surface area contributed by atoms with E-state index in [1.54, 1.807) is 0 Å². The number of fused-ring (bicyclic) bond motifs is 1. The molecule has 2 heteroatoms. The van der Waals surface area contributed by atoms with Gasteiger partial charge in [0, 0.05) is 24.4 Å². The second-order valence-corrected chi connectivity index (χ2v) is 3.85. The van der Waals surface area contributed by atoms with Gasteiger partial charge in [-0.15, -0.1) is 6.58 Å². The zero-order chi connectivity index (χ0) is 7.90. The molecule has 2 unspecified atom stereocenters. The average molecular weight is 153 g/mol. The van der Waals surface area contributed by atoms with Crippen LogP contribution in [0, 0.1) is 11.3 Å². The first-order chi connectivity index (χ1) is 5.27. The lowest BCUT2D eigenvalue weighted by molar-refractivity contribution is 0.149. The Hall–Kier alpha value is -0.340. The van der Waals surface area contributed by atoms with Crippen LogP contribution in [0.2, 0.25) is 0 Å². The number of nitrogens with zero attached hydrogens (tertiary/aromatic N) is 1.